The molecule has 5 heteroatoms. The molecular formula is C15H12O5. The van der Waals surface area contributed by atoms with Crippen molar-refractivity contribution in [3.05, 3.63) is 47.5 Å². The number of ether oxygens (including phenoxy) is 1. The molecule has 0 aromatic heterocycles. The molecule has 20 heavy (non-hydrogen) atoms. The van der Waals surface area contributed by atoms with Crippen molar-refractivity contribution >= 4 is 5.78 Å². The van der Waals surface area contributed by atoms with Crippen LogP contribution in [0.25, 0.3) is 0 Å². The summed E-state index contributed by atoms with van der Waals surface area (Å²) >= 11 is 0. The van der Waals surface area contributed by atoms with Crippen molar-refractivity contribution in [3.8, 4) is 23.0 Å². The Bertz CT molecular complexity index is 675. The van der Waals surface area contributed by atoms with Crippen LogP contribution in [0.15, 0.2) is 36.4 Å². The van der Waals surface area contributed by atoms with Gasteiger partial charge in [-0.2, -0.15) is 0 Å². The van der Waals surface area contributed by atoms with E-state index >= 15 is 0 Å². The molecule has 0 amide bonds. The highest BCUT2D eigenvalue weighted by molar-refractivity contribution is 6.05. The van der Waals surface area contributed by atoms with E-state index in [4.69, 9.17) is 4.74 Å². The molecule has 0 bridgehead atoms. The Morgan fingerprint density at radius 3 is 2.40 bits per heavy atom. The standard InChI is InChI=1S/C15H12O5/c16-9-3-1-8(2-4-9)11-7-20-15-10(13(11)18)5-6-12(17)14(15)19/h1-6,11,16-17,19H,7H2. The third-order valence-electron chi connectivity index (χ3n) is 3.38. The van der Waals surface area contributed by atoms with Gasteiger partial charge < -0.3 is 20.1 Å². The zero-order valence-electron chi connectivity index (χ0n) is 10.4. The predicted octanol–water partition coefficient (Wildman–Crippen LogP) is 2.16. The normalized spacial score (nSPS) is 17.4. The summed E-state index contributed by atoms with van der Waals surface area (Å²) in [6.45, 7) is 0.0770. The van der Waals surface area contributed by atoms with E-state index in [9.17, 15) is 20.1 Å². The van der Waals surface area contributed by atoms with Crippen LogP contribution in [0.1, 0.15) is 21.8 Å². The van der Waals surface area contributed by atoms with E-state index in [1.807, 2.05) is 0 Å². The highest BCUT2D eigenvalue weighted by Gasteiger charge is 2.32. The fourth-order valence-corrected chi connectivity index (χ4v) is 2.29. The molecular weight excluding hydrogens is 260 g/mol. The number of phenols is 3. The van der Waals surface area contributed by atoms with Crippen molar-refractivity contribution in [2.75, 3.05) is 6.61 Å². The molecule has 1 aliphatic rings. The van der Waals surface area contributed by atoms with Gasteiger partial charge in [-0.15, -0.1) is 0 Å². The fraction of sp³-hybridized carbons (Fsp3) is 0.133. The van der Waals surface area contributed by atoms with Gasteiger partial charge in [0.05, 0.1) is 11.5 Å². The molecule has 1 heterocycles. The molecule has 1 atom stereocenters. The lowest BCUT2D eigenvalue weighted by molar-refractivity contribution is 0.0892. The SMILES string of the molecule is O=C1c2ccc(O)c(O)c2OCC1c1ccc(O)cc1. The van der Waals surface area contributed by atoms with Gasteiger partial charge in [0.1, 0.15) is 12.4 Å². The minimum absolute atomic E-state index is 0.0185. The maximum Gasteiger partial charge on any atom is 0.201 e. The summed E-state index contributed by atoms with van der Waals surface area (Å²) in [7, 11) is 0. The lowest BCUT2D eigenvalue weighted by atomic mass is 9.89. The van der Waals surface area contributed by atoms with Crippen LogP contribution in [-0.4, -0.2) is 27.7 Å². The molecule has 102 valence electrons. The van der Waals surface area contributed by atoms with Crippen molar-refractivity contribution in [2.24, 2.45) is 0 Å². The van der Waals surface area contributed by atoms with Gasteiger partial charge in [-0.25, -0.2) is 0 Å². The maximum absolute atomic E-state index is 12.4. The first-order valence-corrected chi connectivity index (χ1v) is 6.09. The van der Waals surface area contributed by atoms with Gasteiger partial charge >= 0.3 is 0 Å². The first-order chi connectivity index (χ1) is 9.58. The number of hydrogen-bond acceptors (Lipinski definition) is 5. The quantitative estimate of drug-likeness (QED) is 0.692. The van der Waals surface area contributed by atoms with Crippen molar-refractivity contribution in [1.82, 2.24) is 0 Å². The zero-order chi connectivity index (χ0) is 14.3. The van der Waals surface area contributed by atoms with Gasteiger partial charge in [0.15, 0.2) is 17.3 Å². The number of rotatable bonds is 1. The zero-order valence-corrected chi connectivity index (χ0v) is 10.4. The van der Waals surface area contributed by atoms with Gasteiger partial charge in [0.2, 0.25) is 5.75 Å². The third-order valence-corrected chi connectivity index (χ3v) is 3.38. The van der Waals surface area contributed by atoms with Gasteiger partial charge in [0, 0.05) is 0 Å². The van der Waals surface area contributed by atoms with E-state index in [1.165, 1.54) is 24.3 Å². The Labute approximate surface area is 114 Å². The lowest BCUT2D eigenvalue weighted by Gasteiger charge is -2.25. The number of fused-ring (bicyclic) bond motifs is 1. The second-order valence-electron chi connectivity index (χ2n) is 4.63. The maximum atomic E-state index is 12.4. The summed E-state index contributed by atoms with van der Waals surface area (Å²) in [4.78, 5) is 12.4. The average molecular weight is 272 g/mol. The van der Waals surface area contributed by atoms with Crippen LogP contribution in [0.5, 0.6) is 23.0 Å². The van der Waals surface area contributed by atoms with Gasteiger partial charge in [-0.3, -0.25) is 4.79 Å². The summed E-state index contributed by atoms with van der Waals surface area (Å²) in [5.74, 6) is -1.27. The van der Waals surface area contributed by atoms with Crippen LogP contribution in [-0.2, 0) is 0 Å². The Morgan fingerprint density at radius 1 is 1.00 bits per heavy atom. The number of carbonyl (C=O) groups excluding carboxylic acids is 1. The van der Waals surface area contributed by atoms with Crippen LogP contribution < -0.4 is 4.74 Å². The van der Waals surface area contributed by atoms with Crippen molar-refractivity contribution in [1.29, 1.82) is 0 Å². The predicted molar refractivity (Wildman–Crippen MR) is 70.4 cm³/mol. The molecule has 0 spiro atoms. The molecule has 0 saturated carbocycles. The molecule has 1 unspecified atom stereocenters. The third kappa shape index (κ3) is 1.84. The first-order valence-electron chi connectivity index (χ1n) is 6.09. The Morgan fingerprint density at radius 2 is 1.70 bits per heavy atom. The van der Waals surface area contributed by atoms with E-state index in [0.29, 0.717) is 0 Å². The topological polar surface area (TPSA) is 87.0 Å². The molecule has 3 rings (SSSR count). The monoisotopic (exact) mass is 272 g/mol. The number of aromatic hydroxyl groups is 3. The fourth-order valence-electron chi connectivity index (χ4n) is 2.29. The molecule has 0 radical (unpaired) electrons. The van der Waals surface area contributed by atoms with Gasteiger partial charge in [0.25, 0.3) is 0 Å². The lowest BCUT2D eigenvalue weighted by Crippen LogP contribution is -2.26. The summed E-state index contributed by atoms with van der Waals surface area (Å²) in [5, 5.41) is 28.4. The Kier molecular flexibility index (Phi) is 2.75. The van der Waals surface area contributed by atoms with Crippen LogP contribution in [0.3, 0.4) is 0 Å². The molecule has 0 fully saturated rings. The number of carbonyl (C=O) groups is 1. The average Bonchev–Trinajstić information content (AvgIpc) is 2.45. The van der Waals surface area contributed by atoms with Crippen LogP contribution in [0.4, 0.5) is 0 Å². The number of hydrogen-bond donors (Lipinski definition) is 3. The van der Waals surface area contributed by atoms with E-state index in [-0.39, 0.29) is 35.2 Å². The summed E-state index contributed by atoms with van der Waals surface area (Å²) in [6, 6.07) is 9.02. The van der Waals surface area contributed by atoms with Crippen LogP contribution >= 0.6 is 0 Å². The van der Waals surface area contributed by atoms with Crippen LogP contribution in [0.2, 0.25) is 0 Å². The number of phenolic OH excluding ortho intramolecular Hbond substituents is 3. The van der Waals surface area contributed by atoms with E-state index < -0.39 is 11.7 Å². The van der Waals surface area contributed by atoms with Gasteiger partial charge in [-0.05, 0) is 29.8 Å². The summed E-state index contributed by atoms with van der Waals surface area (Å²) in [5.41, 5.74) is 0.968. The smallest absolute Gasteiger partial charge is 0.201 e. The first kappa shape index (κ1) is 12.3. The number of Topliss-reactive ketones (excluding diaryl/α,β-unsaturated/α-hetero) is 1. The molecule has 1 aliphatic heterocycles. The molecule has 3 N–H and O–H groups in total. The molecule has 0 aliphatic carbocycles. The Hall–Kier alpha value is -2.69. The largest absolute Gasteiger partial charge is 0.508 e. The molecule has 2 aromatic rings. The van der Waals surface area contributed by atoms with E-state index in [0.717, 1.165) is 5.56 Å². The van der Waals surface area contributed by atoms with Crippen molar-refractivity contribution < 1.29 is 24.9 Å². The Balaban J connectivity index is 2.01. The second kappa shape index (κ2) is 4.45. The summed E-state index contributed by atoms with van der Waals surface area (Å²) in [6.07, 6.45) is 0. The van der Waals surface area contributed by atoms with Crippen molar-refractivity contribution in [2.45, 2.75) is 5.92 Å². The second-order valence-corrected chi connectivity index (χ2v) is 4.63. The number of benzene rings is 2. The van der Waals surface area contributed by atoms with E-state index in [2.05, 4.69) is 0 Å². The van der Waals surface area contributed by atoms with Gasteiger partial charge in [-0.1, -0.05) is 12.1 Å². The molecule has 2 aromatic carbocycles. The molecule has 5 nitrogen and oxygen atoms in total. The number of ketones is 1. The summed E-state index contributed by atoms with van der Waals surface area (Å²) < 4.78 is 5.41. The van der Waals surface area contributed by atoms with Crippen LogP contribution in [0, 0.1) is 0 Å². The highest BCUT2D eigenvalue weighted by Crippen LogP contribution is 2.43. The minimum Gasteiger partial charge on any atom is -0.508 e. The highest BCUT2D eigenvalue weighted by atomic mass is 16.5. The van der Waals surface area contributed by atoms with E-state index in [1.54, 1.807) is 12.1 Å². The molecule has 0 saturated heterocycles. The van der Waals surface area contributed by atoms with Crippen molar-refractivity contribution in [3.63, 3.8) is 0 Å². The minimum atomic E-state index is -0.493.